The smallest absolute Gasteiger partial charge is 0.295 e. The Hall–Kier alpha value is -3.35. The molecule has 0 radical (unpaired) electrons. The number of nitrogens with zero attached hydrogens (tertiary/aromatic N) is 1. The molecule has 0 saturated carbocycles. The van der Waals surface area contributed by atoms with E-state index in [4.69, 9.17) is 9.47 Å². The number of aliphatic hydroxyl groups excluding tert-OH is 1. The molecule has 31 heavy (non-hydrogen) atoms. The molecule has 7 heteroatoms. The predicted octanol–water partition coefficient (Wildman–Crippen LogP) is 4.45. The Morgan fingerprint density at radius 2 is 1.87 bits per heavy atom. The molecule has 164 valence electrons. The summed E-state index contributed by atoms with van der Waals surface area (Å²) in [6, 6.07) is 9.83. The molecular formula is C24H26FNO5. The number of rotatable bonds is 7. The number of aliphatic hydroxyl groups is 1. The van der Waals surface area contributed by atoms with Crippen LogP contribution in [0.25, 0.3) is 5.76 Å². The lowest BCUT2D eigenvalue weighted by Crippen LogP contribution is -2.30. The number of carbonyl (C=O) groups excluding carboxylic acids is 2. The standard InChI is InChI=1S/C24H26FNO5/c1-5-12-26-21(16-8-6-7-9-19(16)31-14(2)3)20(23(28)24(26)29)22(27)17-13-15(25)10-11-18(17)30-4/h6-11,13-14,21,27H,5,12H2,1-4H3/b22-20+. The molecular weight excluding hydrogens is 401 g/mol. The van der Waals surface area contributed by atoms with Crippen LogP contribution in [0.15, 0.2) is 48.0 Å². The number of methoxy groups -OCH3 is 1. The Bertz CT molecular complexity index is 1030. The van der Waals surface area contributed by atoms with Crippen molar-refractivity contribution >= 4 is 17.4 Å². The summed E-state index contributed by atoms with van der Waals surface area (Å²) in [5, 5.41) is 11.1. The maximum atomic E-state index is 14.0. The number of carbonyl (C=O) groups is 2. The van der Waals surface area contributed by atoms with E-state index in [1.807, 2.05) is 20.8 Å². The molecule has 1 aliphatic rings. The minimum absolute atomic E-state index is 0.00394. The second-order valence-corrected chi connectivity index (χ2v) is 7.54. The Morgan fingerprint density at radius 3 is 2.52 bits per heavy atom. The zero-order valence-electron chi connectivity index (χ0n) is 18.0. The first-order chi connectivity index (χ1) is 14.8. The van der Waals surface area contributed by atoms with Crippen molar-refractivity contribution in [2.75, 3.05) is 13.7 Å². The van der Waals surface area contributed by atoms with Gasteiger partial charge in [-0.25, -0.2) is 4.39 Å². The summed E-state index contributed by atoms with van der Waals surface area (Å²) in [4.78, 5) is 27.3. The van der Waals surface area contributed by atoms with Gasteiger partial charge >= 0.3 is 0 Å². The van der Waals surface area contributed by atoms with Crippen LogP contribution in [-0.4, -0.2) is 41.5 Å². The van der Waals surface area contributed by atoms with Crippen molar-refractivity contribution in [3.8, 4) is 11.5 Å². The summed E-state index contributed by atoms with van der Waals surface area (Å²) in [5.74, 6) is -1.96. The van der Waals surface area contributed by atoms with Gasteiger partial charge in [-0.1, -0.05) is 25.1 Å². The van der Waals surface area contributed by atoms with Crippen LogP contribution in [0.4, 0.5) is 4.39 Å². The van der Waals surface area contributed by atoms with Crippen LogP contribution in [0.3, 0.4) is 0 Å². The van der Waals surface area contributed by atoms with Crippen molar-refractivity contribution in [3.05, 3.63) is 65.0 Å². The van der Waals surface area contributed by atoms with Crippen LogP contribution in [0, 0.1) is 5.82 Å². The van der Waals surface area contributed by atoms with E-state index in [9.17, 15) is 19.1 Å². The van der Waals surface area contributed by atoms with Crippen molar-refractivity contribution in [2.24, 2.45) is 0 Å². The van der Waals surface area contributed by atoms with Gasteiger partial charge in [0.2, 0.25) is 0 Å². The van der Waals surface area contributed by atoms with Crippen LogP contribution in [-0.2, 0) is 9.59 Å². The third-order valence-electron chi connectivity index (χ3n) is 5.00. The first kappa shape index (κ1) is 22.3. The van der Waals surface area contributed by atoms with E-state index in [-0.39, 0.29) is 23.0 Å². The Labute approximate surface area is 180 Å². The van der Waals surface area contributed by atoms with E-state index in [0.717, 1.165) is 6.07 Å². The molecule has 1 atom stereocenters. The van der Waals surface area contributed by atoms with Crippen molar-refractivity contribution in [2.45, 2.75) is 39.3 Å². The Morgan fingerprint density at radius 1 is 1.16 bits per heavy atom. The fraction of sp³-hybridized carbons (Fsp3) is 0.333. The molecule has 1 saturated heterocycles. The van der Waals surface area contributed by atoms with E-state index in [2.05, 4.69) is 0 Å². The SMILES string of the molecule is CCCN1C(=O)C(=O)/C(=C(/O)c2cc(F)ccc2OC)C1c1ccccc1OC(C)C. The number of likely N-dealkylation sites (tertiary alicyclic amines) is 1. The number of hydrogen-bond donors (Lipinski definition) is 1. The van der Waals surface area contributed by atoms with Crippen molar-refractivity contribution in [3.63, 3.8) is 0 Å². The van der Waals surface area contributed by atoms with Crippen LogP contribution in [0.2, 0.25) is 0 Å². The lowest BCUT2D eigenvalue weighted by atomic mass is 9.94. The molecule has 0 aliphatic carbocycles. The molecule has 1 amide bonds. The average molecular weight is 427 g/mol. The minimum Gasteiger partial charge on any atom is -0.507 e. The monoisotopic (exact) mass is 427 g/mol. The zero-order chi connectivity index (χ0) is 22.7. The Kier molecular flexibility index (Phi) is 6.63. The summed E-state index contributed by atoms with van der Waals surface area (Å²) in [6.07, 6.45) is 0.470. The maximum absolute atomic E-state index is 14.0. The molecule has 1 aliphatic heterocycles. The largest absolute Gasteiger partial charge is 0.507 e. The number of hydrogen-bond acceptors (Lipinski definition) is 5. The third-order valence-corrected chi connectivity index (χ3v) is 5.00. The molecule has 6 nitrogen and oxygen atoms in total. The molecule has 1 unspecified atom stereocenters. The van der Waals surface area contributed by atoms with E-state index in [1.165, 1.54) is 24.1 Å². The topological polar surface area (TPSA) is 76.1 Å². The van der Waals surface area contributed by atoms with E-state index >= 15 is 0 Å². The molecule has 0 spiro atoms. The first-order valence-corrected chi connectivity index (χ1v) is 10.2. The normalized spacial score (nSPS) is 18.0. The molecule has 2 aromatic carbocycles. The van der Waals surface area contributed by atoms with Gasteiger partial charge < -0.3 is 19.5 Å². The zero-order valence-corrected chi connectivity index (χ0v) is 18.0. The van der Waals surface area contributed by atoms with Gasteiger partial charge in [-0.15, -0.1) is 0 Å². The number of Topliss-reactive ketones (excluding diaryl/α,β-unsaturated/α-hetero) is 1. The van der Waals surface area contributed by atoms with Crippen LogP contribution in [0.5, 0.6) is 11.5 Å². The van der Waals surface area contributed by atoms with E-state index < -0.39 is 29.3 Å². The third kappa shape index (κ3) is 4.26. The van der Waals surface area contributed by atoms with Crippen molar-refractivity contribution in [1.82, 2.24) is 4.90 Å². The average Bonchev–Trinajstić information content (AvgIpc) is 2.98. The fourth-order valence-electron chi connectivity index (χ4n) is 3.75. The lowest BCUT2D eigenvalue weighted by molar-refractivity contribution is -0.139. The van der Waals surface area contributed by atoms with E-state index in [1.54, 1.807) is 24.3 Å². The molecule has 1 N–H and O–H groups in total. The fourth-order valence-corrected chi connectivity index (χ4v) is 3.75. The van der Waals surface area contributed by atoms with Crippen LogP contribution >= 0.6 is 0 Å². The van der Waals surface area contributed by atoms with Gasteiger partial charge in [0.15, 0.2) is 0 Å². The van der Waals surface area contributed by atoms with E-state index in [0.29, 0.717) is 24.3 Å². The minimum atomic E-state index is -0.872. The molecule has 0 aromatic heterocycles. The van der Waals surface area contributed by atoms with Gasteiger partial charge in [0.25, 0.3) is 11.7 Å². The number of ether oxygens (including phenoxy) is 2. The van der Waals surface area contributed by atoms with Crippen molar-refractivity contribution < 1.29 is 28.6 Å². The summed E-state index contributed by atoms with van der Waals surface area (Å²) < 4.78 is 25.1. The summed E-state index contributed by atoms with van der Waals surface area (Å²) in [5.41, 5.74) is 0.451. The van der Waals surface area contributed by atoms with Gasteiger partial charge in [0.05, 0.1) is 30.4 Å². The first-order valence-electron chi connectivity index (χ1n) is 10.2. The highest BCUT2D eigenvalue weighted by atomic mass is 19.1. The predicted molar refractivity (Wildman–Crippen MR) is 114 cm³/mol. The highest BCUT2D eigenvalue weighted by Gasteiger charge is 2.47. The number of para-hydroxylation sites is 1. The highest BCUT2D eigenvalue weighted by Crippen LogP contribution is 2.44. The van der Waals surface area contributed by atoms with Gasteiger partial charge in [-0.05, 0) is 44.5 Å². The van der Waals surface area contributed by atoms with Gasteiger partial charge in [-0.2, -0.15) is 0 Å². The maximum Gasteiger partial charge on any atom is 0.295 e. The summed E-state index contributed by atoms with van der Waals surface area (Å²) in [6.45, 7) is 5.94. The second-order valence-electron chi connectivity index (χ2n) is 7.54. The lowest BCUT2D eigenvalue weighted by Gasteiger charge is -2.27. The van der Waals surface area contributed by atoms with Crippen LogP contribution in [0.1, 0.15) is 44.4 Å². The summed E-state index contributed by atoms with van der Waals surface area (Å²) >= 11 is 0. The van der Waals surface area contributed by atoms with Gasteiger partial charge in [0, 0.05) is 12.1 Å². The summed E-state index contributed by atoms with van der Waals surface area (Å²) in [7, 11) is 1.38. The molecule has 0 bridgehead atoms. The number of ketones is 1. The molecule has 1 fully saturated rings. The molecule has 3 rings (SSSR count). The van der Waals surface area contributed by atoms with Crippen LogP contribution < -0.4 is 9.47 Å². The highest BCUT2D eigenvalue weighted by molar-refractivity contribution is 6.46. The number of amides is 1. The molecule has 1 heterocycles. The van der Waals surface area contributed by atoms with Crippen molar-refractivity contribution in [1.29, 1.82) is 0 Å². The number of benzene rings is 2. The number of halogens is 1. The second kappa shape index (κ2) is 9.20. The quantitative estimate of drug-likeness (QED) is 0.401. The van der Waals surface area contributed by atoms with Gasteiger partial charge in [-0.3, -0.25) is 9.59 Å². The molecule has 2 aromatic rings. The Balaban J connectivity index is 2.28. The van der Waals surface area contributed by atoms with Gasteiger partial charge in [0.1, 0.15) is 23.1 Å².